The third kappa shape index (κ3) is 4.45. The lowest BCUT2D eigenvalue weighted by Crippen LogP contribution is -2.09. The van der Waals surface area contributed by atoms with Crippen LogP contribution in [-0.2, 0) is 11.3 Å². The Bertz CT molecular complexity index is 404. The van der Waals surface area contributed by atoms with Crippen LogP contribution in [0, 0.1) is 11.7 Å². The lowest BCUT2D eigenvalue weighted by molar-refractivity contribution is 0.0676. The van der Waals surface area contributed by atoms with E-state index in [0.717, 1.165) is 18.9 Å². The van der Waals surface area contributed by atoms with E-state index in [1.807, 2.05) is 0 Å². The molecule has 0 heterocycles. The number of halogens is 1. The van der Waals surface area contributed by atoms with E-state index in [4.69, 9.17) is 9.84 Å². The SMILES string of the molecule is CCCC(C)COCc1ccc(F)cc1C(=O)O. The Morgan fingerprint density at radius 1 is 1.50 bits per heavy atom. The molecule has 100 valence electrons. The van der Waals surface area contributed by atoms with Crippen LogP contribution in [0.5, 0.6) is 0 Å². The molecule has 0 radical (unpaired) electrons. The van der Waals surface area contributed by atoms with Crippen LogP contribution in [0.2, 0.25) is 0 Å². The van der Waals surface area contributed by atoms with Crippen LogP contribution < -0.4 is 0 Å². The monoisotopic (exact) mass is 254 g/mol. The Balaban J connectivity index is 2.59. The van der Waals surface area contributed by atoms with E-state index in [9.17, 15) is 9.18 Å². The van der Waals surface area contributed by atoms with Crippen LogP contribution in [0.3, 0.4) is 0 Å². The minimum atomic E-state index is -1.13. The highest BCUT2D eigenvalue weighted by molar-refractivity contribution is 5.89. The van der Waals surface area contributed by atoms with Gasteiger partial charge in [-0.05, 0) is 30.0 Å². The summed E-state index contributed by atoms with van der Waals surface area (Å²) in [6, 6.07) is 3.74. The Morgan fingerprint density at radius 2 is 2.22 bits per heavy atom. The fraction of sp³-hybridized carbons (Fsp3) is 0.500. The molecule has 0 saturated heterocycles. The second-order valence-electron chi connectivity index (χ2n) is 4.52. The summed E-state index contributed by atoms with van der Waals surface area (Å²) in [5.41, 5.74) is 0.478. The average molecular weight is 254 g/mol. The minimum absolute atomic E-state index is 0.0295. The van der Waals surface area contributed by atoms with E-state index in [1.54, 1.807) is 0 Å². The van der Waals surface area contributed by atoms with E-state index in [-0.39, 0.29) is 12.2 Å². The molecule has 0 spiro atoms. The van der Waals surface area contributed by atoms with Gasteiger partial charge in [0.15, 0.2) is 0 Å². The topological polar surface area (TPSA) is 46.5 Å². The van der Waals surface area contributed by atoms with Gasteiger partial charge in [0.1, 0.15) is 5.82 Å². The molecular formula is C14H19FO3. The van der Waals surface area contributed by atoms with E-state index in [2.05, 4.69) is 13.8 Å². The summed E-state index contributed by atoms with van der Waals surface area (Å²) in [5.74, 6) is -1.23. The Kier molecular flexibility index (Phi) is 5.78. The van der Waals surface area contributed by atoms with Gasteiger partial charge < -0.3 is 9.84 Å². The van der Waals surface area contributed by atoms with Crippen molar-refractivity contribution in [1.82, 2.24) is 0 Å². The minimum Gasteiger partial charge on any atom is -0.478 e. The molecule has 0 amide bonds. The Morgan fingerprint density at radius 3 is 2.83 bits per heavy atom. The predicted molar refractivity (Wildman–Crippen MR) is 67.1 cm³/mol. The Labute approximate surface area is 107 Å². The van der Waals surface area contributed by atoms with Gasteiger partial charge in [-0.2, -0.15) is 0 Å². The highest BCUT2D eigenvalue weighted by Crippen LogP contribution is 2.14. The smallest absolute Gasteiger partial charge is 0.336 e. The van der Waals surface area contributed by atoms with Crippen molar-refractivity contribution < 1.29 is 19.0 Å². The number of rotatable bonds is 7. The van der Waals surface area contributed by atoms with Crippen LogP contribution in [0.4, 0.5) is 4.39 Å². The number of carboxylic acids is 1. The van der Waals surface area contributed by atoms with Gasteiger partial charge in [-0.15, -0.1) is 0 Å². The lowest BCUT2D eigenvalue weighted by Gasteiger charge is -2.12. The van der Waals surface area contributed by atoms with Crippen LogP contribution in [-0.4, -0.2) is 17.7 Å². The number of hydrogen-bond acceptors (Lipinski definition) is 2. The molecule has 1 aromatic carbocycles. The largest absolute Gasteiger partial charge is 0.478 e. The van der Waals surface area contributed by atoms with Gasteiger partial charge >= 0.3 is 5.97 Å². The molecule has 4 heteroatoms. The zero-order chi connectivity index (χ0) is 13.5. The van der Waals surface area contributed by atoms with Gasteiger partial charge in [0, 0.05) is 6.61 Å². The second-order valence-corrected chi connectivity index (χ2v) is 4.52. The van der Waals surface area contributed by atoms with Crippen molar-refractivity contribution >= 4 is 5.97 Å². The first-order valence-electron chi connectivity index (χ1n) is 6.14. The molecule has 1 atom stereocenters. The van der Waals surface area contributed by atoms with Gasteiger partial charge in [0.05, 0.1) is 12.2 Å². The molecule has 0 aliphatic rings. The first-order valence-corrected chi connectivity index (χ1v) is 6.14. The third-order valence-electron chi connectivity index (χ3n) is 2.74. The molecule has 0 saturated carbocycles. The van der Waals surface area contributed by atoms with Gasteiger partial charge in [0.2, 0.25) is 0 Å². The van der Waals surface area contributed by atoms with Crippen molar-refractivity contribution in [1.29, 1.82) is 0 Å². The van der Waals surface area contributed by atoms with Crippen molar-refractivity contribution in [3.05, 3.63) is 35.1 Å². The summed E-state index contributed by atoms with van der Waals surface area (Å²) < 4.78 is 18.4. The second kappa shape index (κ2) is 7.11. The van der Waals surface area contributed by atoms with E-state index >= 15 is 0 Å². The fourth-order valence-electron chi connectivity index (χ4n) is 1.82. The number of aromatic carboxylic acids is 1. The molecule has 0 bridgehead atoms. The molecule has 0 aromatic heterocycles. The van der Waals surface area contributed by atoms with Gasteiger partial charge in [0.25, 0.3) is 0 Å². The van der Waals surface area contributed by atoms with Gasteiger partial charge in [-0.25, -0.2) is 9.18 Å². The zero-order valence-corrected chi connectivity index (χ0v) is 10.8. The standard InChI is InChI=1S/C14H19FO3/c1-3-4-10(2)8-18-9-11-5-6-12(15)7-13(11)14(16)17/h5-7,10H,3-4,8-9H2,1-2H3,(H,16,17). The number of carboxylic acid groups (broad SMARTS) is 1. The lowest BCUT2D eigenvalue weighted by atomic mass is 10.1. The number of ether oxygens (including phenoxy) is 1. The van der Waals surface area contributed by atoms with Gasteiger partial charge in [-0.3, -0.25) is 0 Å². The maximum Gasteiger partial charge on any atom is 0.336 e. The van der Waals surface area contributed by atoms with Crippen LogP contribution in [0.15, 0.2) is 18.2 Å². The molecular weight excluding hydrogens is 235 g/mol. The summed E-state index contributed by atoms with van der Waals surface area (Å²) in [6.07, 6.45) is 2.18. The Hall–Kier alpha value is -1.42. The molecule has 18 heavy (non-hydrogen) atoms. The van der Waals surface area contributed by atoms with Crippen molar-refractivity contribution in [3.8, 4) is 0 Å². The first kappa shape index (κ1) is 14.6. The highest BCUT2D eigenvalue weighted by atomic mass is 19.1. The molecule has 0 aliphatic heterocycles. The van der Waals surface area contributed by atoms with Crippen LogP contribution in [0.25, 0.3) is 0 Å². The molecule has 1 unspecified atom stereocenters. The van der Waals surface area contributed by atoms with E-state index < -0.39 is 11.8 Å². The predicted octanol–water partition coefficient (Wildman–Crippen LogP) is 3.48. The van der Waals surface area contributed by atoms with Crippen molar-refractivity contribution in [2.24, 2.45) is 5.92 Å². The fourth-order valence-corrected chi connectivity index (χ4v) is 1.82. The summed E-state index contributed by atoms with van der Waals surface area (Å²) in [5, 5.41) is 8.96. The highest BCUT2D eigenvalue weighted by Gasteiger charge is 2.11. The number of hydrogen-bond donors (Lipinski definition) is 1. The van der Waals surface area contributed by atoms with Crippen molar-refractivity contribution in [2.75, 3.05) is 6.61 Å². The third-order valence-corrected chi connectivity index (χ3v) is 2.74. The zero-order valence-electron chi connectivity index (χ0n) is 10.8. The summed E-state index contributed by atoms with van der Waals surface area (Å²) >= 11 is 0. The average Bonchev–Trinajstić information content (AvgIpc) is 2.31. The maximum atomic E-state index is 13.0. The molecule has 0 fully saturated rings. The quantitative estimate of drug-likeness (QED) is 0.810. The van der Waals surface area contributed by atoms with Crippen molar-refractivity contribution in [3.63, 3.8) is 0 Å². The molecule has 1 N–H and O–H groups in total. The van der Waals surface area contributed by atoms with E-state index in [0.29, 0.717) is 18.1 Å². The summed E-state index contributed by atoms with van der Waals surface area (Å²) in [6.45, 7) is 4.99. The number of benzene rings is 1. The van der Waals surface area contributed by atoms with Gasteiger partial charge in [-0.1, -0.05) is 26.3 Å². The van der Waals surface area contributed by atoms with E-state index in [1.165, 1.54) is 12.1 Å². The summed E-state index contributed by atoms with van der Waals surface area (Å²) in [4.78, 5) is 11.0. The molecule has 1 aromatic rings. The normalized spacial score (nSPS) is 12.4. The molecule has 1 rings (SSSR count). The van der Waals surface area contributed by atoms with Crippen LogP contribution in [0.1, 0.15) is 42.6 Å². The first-order chi connectivity index (χ1) is 8.54. The molecule has 0 aliphatic carbocycles. The molecule has 3 nitrogen and oxygen atoms in total. The van der Waals surface area contributed by atoms with Crippen LogP contribution >= 0.6 is 0 Å². The summed E-state index contributed by atoms with van der Waals surface area (Å²) in [7, 11) is 0. The maximum absolute atomic E-state index is 13.0. The van der Waals surface area contributed by atoms with Crippen molar-refractivity contribution in [2.45, 2.75) is 33.3 Å². The number of carbonyl (C=O) groups is 1.